The van der Waals surface area contributed by atoms with Gasteiger partial charge in [0, 0.05) is 31.2 Å². The number of hydrogen-bond acceptors (Lipinski definition) is 3. The maximum Gasteiger partial charge on any atom is 0.222 e. The molecule has 1 heterocycles. The number of carbonyl (C=O) groups excluding carboxylic acids is 2. The molecule has 2 aliphatic rings. The third kappa shape index (κ3) is 1.88. The first-order valence-electron chi connectivity index (χ1n) is 4.50. The molecule has 13 heavy (non-hydrogen) atoms. The molecule has 4 nitrogen and oxygen atoms in total. The highest BCUT2D eigenvalue weighted by Crippen LogP contribution is 2.14. The number of amides is 1. The normalized spacial score (nSPS) is 27.4. The number of rotatable bonds is 2. The van der Waals surface area contributed by atoms with Gasteiger partial charge >= 0.3 is 0 Å². The second kappa shape index (κ2) is 3.20. The molecule has 4 heteroatoms. The Morgan fingerprint density at radius 3 is 2.77 bits per heavy atom. The highest BCUT2D eigenvalue weighted by atomic mass is 16.2. The summed E-state index contributed by atoms with van der Waals surface area (Å²) in [6.07, 6.45) is 3.56. The van der Waals surface area contributed by atoms with Crippen molar-refractivity contribution in [1.29, 1.82) is 0 Å². The molecule has 1 aliphatic carbocycles. The maximum atomic E-state index is 10.9. The van der Waals surface area contributed by atoms with Gasteiger partial charge in [-0.05, 0) is 6.42 Å². The number of hydrogen-bond donors (Lipinski definition) is 2. The summed E-state index contributed by atoms with van der Waals surface area (Å²) in [6.45, 7) is 0.671. The Hall–Kier alpha value is -1.32. The van der Waals surface area contributed by atoms with Crippen LogP contribution in [-0.2, 0) is 9.59 Å². The van der Waals surface area contributed by atoms with E-state index in [2.05, 4.69) is 10.6 Å². The first kappa shape index (κ1) is 8.29. The van der Waals surface area contributed by atoms with E-state index in [1.807, 2.05) is 0 Å². The van der Waals surface area contributed by atoms with Crippen molar-refractivity contribution in [3.63, 3.8) is 0 Å². The number of carbonyl (C=O) groups is 2. The van der Waals surface area contributed by atoms with E-state index in [0.717, 1.165) is 12.1 Å². The van der Waals surface area contributed by atoms with Gasteiger partial charge in [0.1, 0.15) is 0 Å². The van der Waals surface area contributed by atoms with Gasteiger partial charge in [0.25, 0.3) is 0 Å². The van der Waals surface area contributed by atoms with Crippen LogP contribution in [0.1, 0.15) is 19.3 Å². The topological polar surface area (TPSA) is 58.2 Å². The van der Waals surface area contributed by atoms with Crippen molar-refractivity contribution in [2.45, 2.75) is 25.3 Å². The second-order valence-corrected chi connectivity index (χ2v) is 3.49. The van der Waals surface area contributed by atoms with Crippen molar-refractivity contribution in [2.24, 2.45) is 0 Å². The minimum Gasteiger partial charge on any atom is -0.383 e. The minimum atomic E-state index is 0.0856. The van der Waals surface area contributed by atoms with E-state index in [0.29, 0.717) is 19.4 Å². The standard InChI is InChI=1S/C9H12N2O2/c12-8-2-1-6(3-8)11-7-4-9(13)10-5-7/h3,7,11H,1-2,4-5H2,(H,10,13). The molecule has 1 saturated heterocycles. The third-order valence-electron chi connectivity index (χ3n) is 2.34. The Morgan fingerprint density at radius 2 is 2.23 bits per heavy atom. The van der Waals surface area contributed by atoms with Crippen molar-refractivity contribution >= 4 is 11.7 Å². The van der Waals surface area contributed by atoms with Crippen LogP contribution >= 0.6 is 0 Å². The summed E-state index contributed by atoms with van der Waals surface area (Å²) in [4.78, 5) is 21.7. The van der Waals surface area contributed by atoms with E-state index in [1.165, 1.54) is 0 Å². The Kier molecular flexibility index (Phi) is 2.04. The maximum absolute atomic E-state index is 10.9. The average molecular weight is 180 g/mol. The highest BCUT2D eigenvalue weighted by Gasteiger charge is 2.23. The summed E-state index contributed by atoms with van der Waals surface area (Å²) >= 11 is 0. The molecule has 0 radical (unpaired) electrons. The van der Waals surface area contributed by atoms with Crippen LogP contribution in [0.3, 0.4) is 0 Å². The average Bonchev–Trinajstić information content (AvgIpc) is 2.62. The lowest BCUT2D eigenvalue weighted by atomic mass is 10.2. The molecule has 1 amide bonds. The number of allylic oxidation sites excluding steroid dienone is 2. The molecule has 2 N–H and O–H groups in total. The van der Waals surface area contributed by atoms with Crippen LogP contribution in [0.25, 0.3) is 0 Å². The van der Waals surface area contributed by atoms with Gasteiger partial charge in [0.05, 0.1) is 6.04 Å². The SMILES string of the molecule is O=C1C=C(NC2CNC(=O)C2)CC1. The zero-order chi connectivity index (χ0) is 9.26. The highest BCUT2D eigenvalue weighted by molar-refractivity contribution is 5.92. The third-order valence-corrected chi connectivity index (χ3v) is 2.34. The van der Waals surface area contributed by atoms with Crippen LogP contribution < -0.4 is 10.6 Å². The molecule has 2 rings (SSSR count). The summed E-state index contributed by atoms with van der Waals surface area (Å²) in [5.74, 6) is 0.266. The molecule has 1 aliphatic heterocycles. The molecule has 0 bridgehead atoms. The largest absolute Gasteiger partial charge is 0.383 e. The predicted molar refractivity (Wildman–Crippen MR) is 46.9 cm³/mol. The zero-order valence-corrected chi connectivity index (χ0v) is 7.30. The van der Waals surface area contributed by atoms with Gasteiger partial charge in [-0.3, -0.25) is 9.59 Å². The van der Waals surface area contributed by atoms with Gasteiger partial charge in [0.15, 0.2) is 5.78 Å². The van der Waals surface area contributed by atoms with E-state index in [1.54, 1.807) is 6.08 Å². The van der Waals surface area contributed by atoms with Gasteiger partial charge in [0.2, 0.25) is 5.91 Å². The summed E-state index contributed by atoms with van der Waals surface area (Å²) < 4.78 is 0. The summed E-state index contributed by atoms with van der Waals surface area (Å²) in [5, 5.41) is 5.94. The van der Waals surface area contributed by atoms with Gasteiger partial charge in [-0.15, -0.1) is 0 Å². The van der Waals surface area contributed by atoms with Crippen LogP contribution in [-0.4, -0.2) is 24.3 Å². The molecule has 1 atom stereocenters. The molecule has 0 aromatic rings. The fraction of sp³-hybridized carbons (Fsp3) is 0.556. The van der Waals surface area contributed by atoms with Crippen molar-refractivity contribution in [1.82, 2.24) is 10.6 Å². The molecular formula is C9H12N2O2. The second-order valence-electron chi connectivity index (χ2n) is 3.49. The van der Waals surface area contributed by atoms with Crippen molar-refractivity contribution in [3.8, 4) is 0 Å². The first-order chi connectivity index (χ1) is 6.24. The summed E-state index contributed by atoms with van der Waals surface area (Å²) in [7, 11) is 0. The lowest BCUT2D eigenvalue weighted by Crippen LogP contribution is -2.29. The van der Waals surface area contributed by atoms with E-state index in [4.69, 9.17) is 0 Å². The molecule has 0 spiro atoms. The molecule has 1 unspecified atom stereocenters. The Bertz CT molecular complexity index is 283. The molecule has 0 aromatic carbocycles. The van der Waals surface area contributed by atoms with Gasteiger partial charge in [-0.2, -0.15) is 0 Å². The van der Waals surface area contributed by atoms with Crippen molar-refractivity contribution in [3.05, 3.63) is 11.8 Å². The lowest BCUT2D eigenvalue weighted by molar-refractivity contribution is -0.119. The number of ketones is 1. The van der Waals surface area contributed by atoms with E-state index in [-0.39, 0.29) is 17.7 Å². The monoisotopic (exact) mass is 180 g/mol. The Labute approximate surface area is 76.4 Å². The van der Waals surface area contributed by atoms with E-state index in [9.17, 15) is 9.59 Å². The van der Waals surface area contributed by atoms with Crippen molar-refractivity contribution < 1.29 is 9.59 Å². The summed E-state index contributed by atoms with van der Waals surface area (Å²) in [6, 6.07) is 0.171. The van der Waals surface area contributed by atoms with Crippen molar-refractivity contribution in [2.75, 3.05) is 6.54 Å². The van der Waals surface area contributed by atoms with Crippen LogP contribution in [0.4, 0.5) is 0 Å². The quantitative estimate of drug-likeness (QED) is 0.614. The molecule has 0 saturated carbocycles. The number of nitrogens with one attached hydrogen (secondary N) is 2. The lowest BCUT2D eigenvalue weighted by Gasteiger charge is -2.11. The van der Waals surface area contributed by atoms with Gasteiger partial charge < -0.3 is 10.6 Å². The molecule has 1 fully saturated rings. The molecule has 0 aromatic heterocycles. The predicted octanol–water partition coefficient (Wildman–Crippen LogP) is -0.289. The summed E-state index contributed by atoms with van der Waals surface area (Å²) in [5.41, 5.74) is 0.978. The van der Waals surface area contributed by atoms with E-state index >= 15 is 0 Å². The van der Waals surface area contributed by atoms with Crippen LogP contribution in [0.15, 0.2) is 11.8 Å². The van der Waals surface area contributed by atoms with Crippen LogP contribution in [0.2, 0.25) is 0 Å². The molecule has 70 valence electrons. The fourth-order valence-electron chi connectivity index (χ4n) is 1.68. The Morgan fingerprint density at radius 1 is 1.38 bits per heavy atom. The fourth-order valence-corrected chi connectivity index (χ4v) is 1.68. The van der Waals surface area contributed by atoms with Crippen LogP contribution in [0, 0.1) is 0 Å². The van der Waals surface area contributed by atoms with Gasteiger partial charge in [-0.1, -0.05) is 0 Å². The van der Waals surface area contributed by atoms with E-state index < -0.39 is 0 Å². The smallest absolute Gasteiger partial charge is 0.222 e. The zero-order valence-electron chi connectivity index (χ0n) is 7.30. The van der Waals surface area contributed by atoms with Crippen LogP contribution in [0.5, 0.6) is 0 Å². The minimum absolute atomic E-state index is 0.0856. The first-order valence-corrected chi connectivity index (χ1v) is 4.50. The van der Waals surface area contributed by atoms with Gasteiger partial charge in [-0.25, -0.2) is 0 Å². The molecular weight excluding hydrogens is 168 g/mol. The Balaban J connectivity index is 1.88.